The van der Waals surface area contributed by atoms with E-state index in [2.05, 4.69) is 85.1 Å². The Morgan fingerprint density at radius 1 is 0.806 bits per heavy atom. The fraction of sp³-hybridized carbons (Fsp3) is 0.107. The van der Waals surface area contributed by atoms with Crippen LogP contribution in [0.5, 0.6) is 0 Å². The Hall–Kier alpha value is -3.85. The molecule has 0 atom stereocenters. The number of benzene rings is 4. The van der Waals surface area contributed by atoms with E-state index in [1.165, 1.54) is 38.5 Å². The largest absolute Gasteiger partial charge is 0.384 e. The van der Waals surface area contributed by atoms with Gasteiger partial charge < -0.3 is 10.3 Å². The molecule has 6 rings (SSSR count). The number of aromatic nitrogens is 1. The molecule has 0 bridgehead atoms. The third-order valence-corrected chi connectivity index (χ3v) is 6.80. The lowest BCUT2D eigenvalue weighted by Gasteiger charge is -2.21. The number of amidine groups is 1. The number of nitrogens with zero attached hydrogens (tertiary/aromatic N) is 1. The minimum atomic E-state index is -0.0529. The molecular formula is C28H23N3. The summed E-state index contributed by atoms with van der Waals surface area (Å²) in [5, 5.41) is 10.4. The van der Waals surface area contributed by atoms with Crippen molar-refractivity contribution in [3.8, 4) is 16.8 Å². The van der Waals surface area contributed by atoms with Crippen LogP contribution in [0.1, 0.15) is 30.5 Å². The number of hydrogen-bond donors (Lipinski definition) is 2. The van der Waals surface area contributed by atoms with Crippen LogP contribution in [0.3, 0.4) is 0 Å². The molecule has 0 spiro atoms. The Bertz CT molecular complexity index is 1540. The smallest absolute Gasteiger partial charge is 0.122 e. The van der Waals surface area contributed by atoms with Gasteiger partial charge in [-0.15, -0.1) is 0 Å². The monoisotopic (exact) mass is 401 g/mol. The molecule has 4 aromatic carbocycles. The van der Waals surface area contributed by atoms with E-state index in [0.717, 1.165) is 16.8 Å². The first kappa shape index (κ1) is 18.0. The topological polar surface area (TPSA) is 54.8 Å². The van der Waals surface area contributed by atoms with E-state index in [9.17, 15) is 0 Å². The Balaban J connectivity index is 1.83. The van der Waals surface area contributed by atoms with Crippen molar-refractivity contribution in [2.45, 2.75) is 19.3 Å². The maximum absolute atomic E-state index is 7.92. The van der Waals surface area contributed by atoms with Gasteiger partial charge in [-0.25, -0.2) is 0 Å². The van der Waals surface area contributed by atoms with E-state index in [1.807, 2.05) is 18.2 Å². The van der Waals surface area contributed by atoms with Crippen LogP contribution in [0.2, 0.25) is 0 Å². The summed E-state index contributed by atoms with van der Waals surface area (Å²) in [4.78, 5) is 0. The zero-order valence-electron chi connectivity index (χ0n) is 17.6. The van der Waals surface area contributed by atoms with E-state index in [-0.39, 0.29) is 11.3 Å². The quantitative estimate of drug-likeness (QED) is 0.262. The Morgan fingerprint density at radius 2 is 1.58 bits per heavy atom. The Morgan fingerprint density at radius 3 is 2.42 bits per heavy atom. The zero-order valence-corrected chi connectivity index (χ0v) is 17.6. The highest BCUT2D eigenvalue weighted by Gasteiger charge is 2.37. The predicted octanol–water partition coefficient (Wildman–Crippen LogP) is 6.37. The lowest BCUT2D eigenvalue weighted by Crippen LogP contribution is -2.14. The van der Waals surface area contributed by atoms with Crippen molar-refractivity contribution in [1.29, 1.82) is 5.41 Å². The minimum Gasteiger partial charge on any atom is -0.384 e. The summed E-state index contributed by atoms with van der Waals surface area (Å²) in [6.45, 7) is 4.62. The van der Waals surface area contributed by atoms with Crippen molar-refractivity contribution in [3.05, 3.63) is 102 Å². The van der Waals surface area contributed by atoms with Gasteiger partial charge in [0.1, 0.15) is 5.84 Å². The van der Waals surface area contributed by atoms with Crippen molar-refractivity contribution < 1.29 is 0 Å². The molecule has 0 amide bonds. The third kappa shape index (κ3) is 2.32. The molecule has 1 aliphatic rings. The molecule has 31 heavy (non-hydrogen) atoms. The second kappa shape index (κ2) is 6.08. The molecule has 1 aromatic heterocycles. The minimum absolute atomic E-state index is 0.0529. The SMILES string of the molecule is CC1(C)c2ccccc2-c2c1ccc1c3ccccc3n(-c3cccc(C(=N)N)c3)c21. The number of nitrogens with one attached hydrogen (secondary N) is 1. The number of fused-ring (bicyclic) bond motifs is 7. The van der Waals surface area contributed by atoms with Crippen LogP contribution in [0.25, 0.3) is 38.6 Å². The first-order valence-corrected chi connectivity index (χ1v) is 10.6. The van der Waals surface area contributed by atoms with E-state index < -0.39 is 0 Å². The van der Waals surface area contributed by atoms with Gasteiger partial charge in [-0.1, -0.05) is 80.6 Å². The maximum Gasteiger partial charge on any atom is 0.122 e. The first-order valence-electron chi connectivity index (χ1n) is 10.6. The summed E-state index contributed by atoms with van der Waals surface area (Å²) >= 11 is 0. The highest BCUT2D eigenvalue weighted by atomic mass is 15.0. The molecule has 3 nitrogen and oxygen atoms in total. The average Bonchev–Trinajstić information content (AvgIpc) is 3.24. The van der Waals surface area contributed by atoms with Crippen LogP contribution in [0.15, 0.2) is 84.9 Å². The molecule has 1 heterocycles. The molecule has 0 radical (unpaired) electrons. The summed E-state index contributed by atoms with van der Waals surface area (Å²) < 4.78 is 2.34. The van der Waals surface area contributed by atoms with Crippen molar-refractivity contribution in [2.24, 2.45) is 5.73 Å². The second-order valence-corrected chi connectivity index (χ2v) is 8.87. The molecule has 1 aliphatic carbocycles. The highest BCUT2D eigenvalue weighted by Crippen LogP contribution is 2.52. The summed E-state index contributed by atoms with van der Waals surface area (Å²) in [6, 6.07) is 29.9. The van der Waals surface area contributed by atoms with Crippen LogP contribution in [-0.4, -0.2) is 10.4 Å². The molecule has 5 aromatic rings. The lowest BCUT2D eigenvalue weighted by atomic mass is 9.82. The summed E-state index contributed by atoms with van der Waals surface area (Å²) in [5.41, 5.74) is 15.2. The maximum atomic E-state index is 7.92. The Kier molecular flexibility index (Phi) is 3.52. The molecular weight excluding hydrogens is 378 g/mol. The molecule has 0 saturated heterocycles. The number of rotatable bonds is 2. The van der Waals surface area contributed by atoms with Crippen molar-refractivity contribution in [1.82, 2.24) is 4.57 Å². The van der Waals surface area contributed by atoms with Crippen LogP contribution in [0.4, 0.5) is 0 Å². The van der Waals surface area contributed by atoms with Crippen LogP contribution >= 0.6 is 0 Å². The summed E-state index contributed by atoms with van der Waals surface area (Å²) in [6.07, 6.45) is 0. The first-order chi connectivity index (χ1) is 15.0. The van der Waals surface area contributed by atoms with Gasteiger partial charge in [-0.2, -0.15) is 0 Å². The second-order valence-electron chi connectivity index (χ2n) is 8.87. The predicted molar refractivity (Wildman–Crippen MR) is 129 cm³/mol. The standard InChI is InChI=1S/C28H23N3/c1-28(2)22-12-5-3-11-21(22)25-23(28)15-14-20-19-10-4-6-13-24(19)31(26(20)25)18-9-7-8-17(16-18)27(29)30/h3-16H,1-2H3,(H3,29,30). The van der Waals surface area contributed by atoms with E-state index in [4.69, 9.17) is 11.1 Å². The van der Waals surface area contributed by atoms with Gasteiger partial charge in [-0.3, -0.25) is 5.41 Å². The van der Waals surface area contributed by atoms with E-state index in [1.54, 1.807) is 0 Å². The van der Waals surface area contributed by atoms with Crippen LogP contribution in [0, 0.1) is 5.41 Å². The molecule has 150 valence electrons. The zero-order chi connectivity index (χ0) is 21.3. The number of hydrogen-bond acceptors (Lipinski definition) is 1. The van der Waals surface area contributed by atoms with Gasteiger partial charge in [-0.05, 0) is 34.9 Å². The van der Waals surface area contributed by atoms with Gasteiger partial charge in [0, 0.05) is 33.0 Å². The van der Waals surface area contributed by atoms with E-state index in [0.29, 0.717) is 0 Å². The van der Waals surface area contributed by atoms with Crippen LogP contribution in [-0.2, 0) is 5.41 Å². The fourth-order valence-corrected chi connectivity index (χ4v) is 5.32. The Labute approximate surface area is 181 Å². The van der Waals surface area contributed by atoms with Gasteiger partial charge in [0.15, 0.2) is 0 Å². The summed E-state index contributed by atoms with van der Waals surface area (Å²) in [5.74, 6) is 0.0827. The van der Waals surface area contributed by atoms with Crippen molar-refractivity contribution in [2.75, 3.05) is 0 Å². The average molecular weight is 402 g/mol. The molecule has 0 unspecified atom stereocenters. The van der Waals surface area contributed by atoms with Crippen molar-refractivity contribution >= 4 is 27.6 Å². The van der Waals surface area contributed by atoms with E-state index >= 15 is 0 Å². The van der Waals surface area contributed by atoms with Gasteiger partial charge in [0.05, 0.1) is 11.0 Å². The molecule has 0 saturated carbocycles. The number of nitrogen functional groups attached to an aromatic ring is 1. The summed E-state index contributed by atoms with van der Waals surface area (Å²) in [7, 11) is 0. The number of para-hydroxylation sites is 1. The normalized spacial score (nSPS) is 14.0. The number of nitrogens with two attached hydrogens (primary N) is 1. The van der Waals surface area contributed by atoms with Gasteiger partial charge in [0.2, 0.25) is 0 Å². The molecule has 0 aliphatic heterocycles. The molecule has 3 heteroatoms. The van der Waals surface area contributed by atoms with Crippen LogP contribution < -0.4 is 5.73 Å². The van der Waals surface area contributed by atoms with Gasteiger partial charge >= 0.3 is 0 Å². The van der Waals surface area contributed by atoms with Gasteiger partial charge in [0.25, 0.3) is 0 Å². The highest BCUT2D eigenvalue weighted by molar-refractivity contribution is 6.15. The fourth-order valence-electron chi connectivity index (χ4n) is 5.32. The van der Waals surface area contributed by atoms with Crippen molar-refractivity contribution in [3.63, 3.8) is 0 Å². The molecule has 0 fully saturated rings. The third-order valence-electron chi connectivity index (χ3n) is 6.80. The molecule has 3 N–H and O–H groups in total. The lowest BCUT2D eigenvalue weighted by molar-refractivity contribution is 0.661.